The van der Waals surface area contributed by atoms with Crippen molar-refractivity contribution in [3.63, 3.8) is 0 Å². The Kier molecular flexibility index (Phi) is 6.21. The highest BCUT2D eigenvalue weighted by Crippen LogP contribution is 2.30. The number of carbonyl (C=O) groups is 3. The van der Waals surface area contributed by atoms with Crippen LogP contribution in [0, 0.1) is 12.8 Å². The number of nitrogens with one attached hydrogen (secondary N) is 1. The van der Waals surface area contributed by atoms with E-state index in [1.807, 2.05) is 31.2 Å². The molecule has 0 radical (unpaired) electrons. The molecular weight excluding hydrogens is 403 g/mol. The molecule has 1 atom stereocenters. The standard InChI is InChI=1S/C20H18Cl2N2O4/c1-12-5-7-14(8-6-12)24-10-13(9-18(24)26)20(27)28-11-17(25)23-19-15(21)3-2-4-16(19)22/h2-8,13H,9-11H2,1H3,(H,23,25)/t13-/m0/s1. The first-order valence-corrected chi connectivity index (χ1v) is 9.38. The Morgan fingerprint density at radius 1 is 1.14 bits per heavy atom. The average molecular weight is 421 g/mol. The number of ether oxygens (including phenoxy) is 1. The van der Waals surface area contributed by atoms with Crippen molar-refractivity contribution in [2.45, 2.75) is 13.3 Å². The molecule has 1 fully saturated rings. The first-order valence-electron chi connectivity index (χ1n) is 8.62. The number of carbonyl (C=O) groups excluding carboxylic acids is 3. The molecule has 8 heteroatoms. The number of anilines is 2. The summed E-state index contributed by atoms with van der Waals surface area (Å²) in [6.45, 7) is 1.69. The summed E-state index contributed by atoms with van der Waals surface area (Å²) in [7, 11) is 0. The fourth-order valence-electron chi connectivity index (χ4n) is 2.89. The first-order chi connectivity index (χ1) is 13.3. The summed E-state index contributed by atoms with van der Waals surface area (Å²) in [5.41, 5.74) is 2.07. The summed E-state index contributed by atoms with van der Waals surface area (Å²) in [4.78, 5) is 38.1. The summed E-state index contributed by atoms with van der Waals surface area (Å²) >= 11 is 12.0. The lowest BCUT2D eigenvalue weighted by atomic mass is 10.1. The molecule has 1 saturated heterocycles. The Balaban J connectivity index is 1.54. The van der Waals surface area contributed by atoms with Crippen molar-refractivity contribution < 1.29 is 19.1 Å². The predicted octanol–water partition coefficient (Wildman–Crippen LogP) is 3.84. The molecule has 2 aromatic rings. The molecule has 0 aliphatic carbocycles. The first kappa shape index (κ1) is 20.2. The van der Waals surface area contributed by atoms with Gasteiger partial charge >= 0.3 is 5.97 Å². The summed E-state index contributed by atoms with van der Waals surface area (Å²) < 4.78 is 5.08. The highest BCUT2D eigenvalue weighted by molar-refractivity contribution is 6.39. The Morgan fingerprint density at radius 3 is 2.43 bits per heavy atom. The molecular formula is C20H18Cl2N2O4. The zero-order valence-corrected chi connectivity index (χ0v) is 16.6. The fourth-order valence-corrected chi connectivity index (χ4v) is 3.38. The zero-order chi connectivity index (χ0) is 20.3. The van der Waals surface area contributed by atoms with E-state index in [1.54, 1.807) is 23.1 Å². The van der Waals surface area contributed by atoms with Gasteiger partial charge in [-0.1, -0.05) is 47.0 Å². The summed E-state index contributed by atoms with van der Waals surface area (Å²) in [5.74, 6) is -1.94. The zero-order valence-electron chi connectivity index (χ0n) is 15.1. The van der Waals surface area contributed by atoms with E-state index in [-0.39, 0.29) is 34.6 Å². The third-order valence-corrected chi connectivity index (χ3v) is 5.01. The number of hydrogen-bond donors (Lipinski definition) is 1. The SMILES string of the molecule is Cc1ccc(N2C[C@@H](C(=O)OCC(=O)Nc3c(Cl)cccc3Cl)CC2=O)cc1. The molecule has 1 aliphatic rings. The van der Waals surface area contributed by atoms with Crippen LogP contribution in [0.3, 0.4) is 0 Å². The van der Waals surface area contributed by atoms with E-state index in [0.717, 1.165) is 11.3 Å². The van der Waals surface area contributed by atoms with Crippen LogP contribution >= 0.6 is 23.2 Å². The van der Waals surface area contributed by atoms with Gasteiger partial charge in [0.25, 0.3) is 5.91 Å². The van der Waals surface area contributed by atoms with Crippen molar-refractivity contribution in [1.82, 2.24) is 0 Å². The van der Waals surface area contributed by atoms with E-state index < -0.39 is 24.4 Å². The maximum absolute atomic E-state index is 12.3. The molecule has 6 nitrogen and oxygen atoms in total. The summed E-state index contributed by atoms with van der Waals surface area (Å²) in [6.07, 6.45) is 0.0463. The van der Waals surface area contributed by atoms with E-state index in [2.05, 4.69) is 5.32 Å². The Labute approximate surface area is 172 Å². The Bertz CT molecular complexity index is 895. The molecule has 1 heterocycles. The van der Waals surface area contributed by atoms with Gasteiger partial charge < -0.3 is 15.0 Å². The molecule has 146 valence electrons. The van der Waals surface area contributed by atoms with Crippen LogP contribution in [0.2, 0.25) is 10.0 Å². The van der Waals surface area contributed by atoms with Gasteiger partial charge in [-0.15, -0.1) is 0 Å². The van der Waals surface area contributed by atoms with Crippen molar-refractivity contribution in [1.29, 1.82) is 0 Å². The van der Waals surface area contributed by atoms with Gasteiger partial charge in [-0.05, 0) is 31.2 Å². The molecule has 1 aliphatic heterocycles. The predicted molar refractivity (Wildman–Crippen MR) is 108 cm³/mol. The Hall–Kier alpha value is -2.57. The van der Waals surface area contributed by atoms with Crippen LogP contribution in [-0.4, -0.2) is 30.9 Å². The van der Waals surface area contributed by atoms with Gasteiger partial charge in [-0.25, -0.2) is 0 Å². The lowest BCUT2D eigenvalue weighted by molar-refractivity contribution is -0.151. The van der Waals surface area contributed by atoms with Gasteiger partial charge in [0.05, 0.1) is 21.7 Å². The number of rotatable bonds is 5. The molecule has 0 spiro atoms. The topological polar surface area (TPSA) is 75.7 Å². The van der Waals surface area contributed by atoms with E-state index in [1.165, 1.54) is 0 Å². The van der Waals surface area contributed by atoms with E-state index in [9.17, 15) is 14.4 Å². The van der Waals surface area contributed by atoms with Crippen LogP contribution in [0.25, 0.3) is 0 Å². The molecule has 28 heavy (non-hydrogen) atoms. The van der Waals surface area contributed by atoms with Gasteiger partial charge in [0.15, 0.2) is 6.61 Å². The highest BCUT2D eigenvalue weighted by atomic mass is 35.5. The second-order valence-corrected chi connectivity index (χ2v) is 7.31. The number of amides is 2. The third-order valence-electron chi connectivity index (χ3n) is 4.38. The molecule has 0 aromatic heterocycles. The van der Waals surface area contributed by atoms with Crippen LogP contribution in [0.15, 0.2) is 42.5 Å². The number of aryl methyl sites for hydroxylation is 1. The fraction of sp³-hybridized carbons (Fsp3) is 0.250. The average Bonchev–Trinajstić information content (AvgIpc) is 3.05. The van der Waals surface area contributed by atoms with E-state index in [4.69, 9.17) is 27.9 Å². The third kappa shape index (κ3) is 4.64. The van der Waals surface area contributed by atoms with Crippen LogP contribution in [0.1, 0.15) is 12.0 Å². The van der Waals surface area contributed by atoms with Gasteiger partial charge in [0, 0.05) is 18.7 Å². The number of para-hydroxylation sites is 1. The normalized spacial score (nSPS) is 16.2. The molecule has 1 N–H and O–H groups in total. The number of nitrogens with zero attached hydrogens (tertiary/aromatic N) is 1. The number of benzene rings is 2. The van der Waals surface area contributed by atoms with Gasteiger partial charge in [-0.3, -0.25) is 14.4 Å². The number of halogens is 2. The molecule has 0 bridgehead atoms. The minimum Gasteiger partial charge on any atom is -0.455 e. The monoisotopic (exact) mass is 420 g/mol. The van der Waals surface area contributed by atoms with Crippen LogP contribution < -0.4 is 10.2 Å². The quantitative estimate of drug-likeness (QED) is 0.745. The lowest BCUT2D eigenvalue weighted by Gasteiger charge is -2.16. The van der Waals surface area contributed by atoms with Crippen molar-refractivity contribution in [3.8, 4) is 0 Å². The minimum absolute atomic E-state index is 0.0463. The van der Waals surface area contributed by atoms with Crippen molar-refractivity contribution in [2.24, 2.45) is 5.92 Å². The molecule has 0 saturated carbocycles. The summed E-state index contributed by atoms with van der Waals surface area (Å²) in [6, 6.07) is 12.3. The highest BCUT2D eigenvalue weighted by Gasteiger charge is 2.36. The maximum atomic E-state index is 12.3. The van der Waals surface area contributed by atoms with Crippen molar-refractivity contribution in [2.75, 3.05) is 23.4 Å². The number of hydrogen-bond acceptors (Lipinski definition) is 4. The van der Waals surface area contributed by atoms with Crippen LogP contribution in [-0.2, 0) is 19.1 Å². The minimum atomic E-state index is -0.620. The Morgan fingerprint density at radius 2 is 1.79 bits per heavy atom. The van der Waals surface area contributed by atoms with E-state index >= 15 is 0 Å². The second kappa shape index (κ2) is 8.63. The maximum Gasteiger partial charge on any atom is 0.311 e. The second-order valence-electron chi connectivity index (χ2n) is 6.49. The summed E-state index contributed by atoms with van der Waals surface area (Å²) in [5, 5.41) is 3.08. The van der Waals surface area contributed by atoms with Crippen molar-refractivity contribution in [3.05, 3.63) is 58.1 Å². The van der Waals surface area contributed by atoms with E-state index in [0.29, 0.717) is 0 Å². The smallest absolute Gasteiger partial charge is 0.311 e. The molecule has 2 aromatic carbocycles. The molecule has 0 unspecified atom stereocenters. The van der Waals surface area contributed by atoms with Gasteiger partial charge in [-0.2, -0.15) is 0 Å². The number of esters is 1. The van der Waals surface area contributed by atoms with Crippen LogP contribution in [0.4, 0.5) is 11.4 Å². The van der Waals surface area contributed by atoms with Crippen molar-refractivity contribution >= 4 is 52.4 Å². The van der Waals surface area contributed by atoms with Gasteiger partial charge in [0.2, 0.25) is 5.91 Å². The molecule has 2 amide bonds. The van der Waals surface area contributed by atoms with Crippen LogP contribution in [0.5, 0.6) is 0 Å². The molecule has 3 rings (SSSR count). The van der Waals surface area contributed by atoms with Gasteiger partial charge in [0.1, 0.15) is 0 Å². The largest absolute Gasteiger partial charge is 0.455 e. The lowest BCUT2D eigenvalue weighted by Crippen LogP contribution is -2.28.